The van der Waals surface area contributed by atoms with E-state index in [2.05, 4.69) is 10.6 Å². The SMILES string of the molecule is C[C@@H](NC(=O)CCCNC(=O)C1CC1)c1ccc(F)c(F)c1. The van der Waals surface area contributed by atoms with E-state index in [0.29, 0.717) is 18.5 Å². The molecule has 4 nitrogen and oxygen atoms in total. The van der Waals surface area contributed by atoms with Crippen LogP contribution in [0, 0.1) is 17.6 Å². The molecule has 0 aromatic heterocycles. The Morgan fingerprint density at radius 2 is 2.00 bits per heavy atom. The number of halogens is 2. The summed E-state index contributed by atoms with van der Waals surface area (Å²) in [6.07, 6.45) is 2.74. The fourth-order valence-electron chi connectivity index (χ4n) is 2.13. The Labute approximate surface area is 128 Å². The van der Waals surface area contributed by atoms with Crippen LogP contribution in [0.25, 0.3) is 0 Å². The van der Waals surface area contributed by atoms with Gasteiger partial charge in [-0.15, -0.1) is 0 Å². The Morgan fingerprint density at radius 1 is 1.27 bits per heavy atom. The topological polar surface area (TPSA) is 58.2 Å². The van der Waals surface area contributed by atoms with Crippen molar-refractivity contribution in [2.75, 3.05) is 6.54 Å². The summed E-state index contributed by atoms with van der Waals surface area (Å²) in [5, 5.41) is 5.51. The quantitative estimate of drug-likeness (QED) is 0.760. The molecule has 1 aliphatic carbocycles. The van der Waals surface area contributed by atoms with E-state index in [4.69, 9.17) is 0 Å². The summed E-state index contributed by atoms with van der Waals surface area (Å²) in [5.41, 5.74) is 0.509. The zero-order valence-corrected chi connectivity index (χ0v) is 12.5. The normalized spacial score (nSPS) is 15.2. The zero-order chi connectivity index (χ0) is 16.1. The van der Waals surface area contributed by atoms with Crippen LogP contribution in [0.15, 0.2) is 18.2 Å². The third-order valence-corrected chi connectivity index (χ3v) is 3.65. The van der Waals surface area contributed by atoms with Crippen LogP contribution in [-0.2, 0) is 9.59 Å². The molecule has 22 heavy (non-hydrogen) atoms. The van der Waals surface area contributed by atoms with Gasteiger partial charge in [-0.25, -0.2) is 8.78 Å². The van der Waals surface area contributed by atoms with Crippen molar-refractivity contribution in [2.45, 2.75) is 38.6 Å². The standard InChI is InChI=1S/C16H20F2N2O2/c1-10(12-6-7-13(17)14(18)9-12)20-15(21)3-2-8-19-16(22)11-4-5-11/h6-7,9-11H,2-5,8H2,1H3,(H,19,22)(H,20,21)/t10-/m1/s1. The van der Waals surface area contributed by atoms with Crippen LogP contribution in [0.2, 0.25) is 0 Å². The number of carbonyl (C=O) groups is 2. The Kier molecular flexibility index (Phi) is 5.46. The third-order valence-electron chi connectivity index (χ3n) is 3.65. The average Bonchev–Trinajstić information content (AvgIpc) is 3.30. The maximum atomic E-state index is 13.1. The maximum Gasteiger partial charge on any atom is 0.223 e. The molecular formula is C16H20F2N2O2. The molecule has 2 N–H and O–H groups in total. The average molecular weight is 310 g/mol. The highest BCUT2D eigenvalue weighted by Gasteiger charge is 2.28. The first-order valence-electron chi connectivity index (χ1n) is 7.49. The Bertz CT molecular complexity index is 559. The molecule has 0 aliphatic heterocycles. The van der Waals surface area contributed by atoms with Crippen LogP contribution < -0.4 is 10.6 Å². The van der Waals surface area contributed by atoms with Crippen molar-refractivity contribution in [2.24, 2.45) is 5.92 Å². The predicted molar refractivity (Wildman–Crippen MR) is 77.9 cm³/mol. The van der Waals surface area contributed by atoms with E-state index in [1.807, 2.05) is 0 Å². The van der Waals surface area contributed by atoms with Gasteiger partial charge in [-0.3, -0.25) is 9.59 Å². The van der Waals surface area contributed by atoms with E-state index in [1.54, 1.807) is 6.92 Å². The van der Waals surface area contributed by atoms with Gasteiger partial charge in [0.2, 0.25) is 11.8 Å². The van der Waals surface area contributed by atoms with Crippen molar-refractivity contribution in [3.05, 3.63) is 35.4 Å². The van der Waals surface area contributed by atoms with Crippen LogP contribution in [0.1, 0.15) is 44.2 Å². The second kappa shape index (κ2) is 7.33. The van der Waals surface area contributed by atoms with Crippen LogP contribution in [0.5, 0.6) is 0 Å². The summed E-state index contributed by atoms with van der Waals surface area (Å²) in [6.45, 7) is 2.18. The first-order valence-corrected chi connectivity index (χ1v) is 7.49. The van der Waals surface area contributed by atoms with Crippen molar-refractivity contribution >= 4 is 11.8 Å². The minimum Gasteiger partial charge on any atom is -0.356 e. The molecule has 2 amide bonds. The lowest BCUT2D eigenvalue weighted by molar-refractivity contribution is -0.123. The Balaban J connectivity index is 1.69. The summed E-state index contributed by atoms with van der Waals surface area (Å²) >= 11 is 0. The molecule has 120 valence electrons. The number of carbonyl (C=O) groups excluding carboxylic acids is 2. The summed E-state index contributed by atoms with van der Waals surface area (Å²) in [6, 6.07) is 3.17. The molecule has 0 bridgehead atoms. The van der Waals surface area contributed by atoms with Crippen molar-refractivity contribution in [1.29, 1.82) is 0 Å². The number of amides is 2. The summed E-state index contributed by atoms with van der Waals surface area (Å²) in [5.74, 6) is -1.79. The fraction of sp³-hybridized carbons (Fsp3) is 0.500. The maximum absolute atomic E-state index is 13.1. The lowest BCUT2D eigenvalue weighted by atomic mass is 10.1. The fourth-order valence-corrected chi connectivity index (χ4v) is 2.13. The summed E-state index contributed by atoms with van der Waals surface area (Å²) < 4.78 is 26.0. The van der Waals surface area contributed by atoms with Crippen molar-refractivity contribution in [3.8, 4) is 0 Å². The second-order valence-electron chi connectivity index (χ2n) is 5.63. The van der Waals surface area contributed by atoms with Gasteiger partial charge >= 0.3 is 0 Å². The molecule has 1 saturated carbocycles. The minimum atomic E-state index is -0.929. The van der Waals surface area contributed by atoms with E-state index >= 15 is 0 Å². The number of rotatable bonds is 7. The van der Waals surface area contributed by atoms with Gasteiger partial charge in [-0.2, -0.15) is 0 Å². The number of hydrogen-bond donors (Lipinski definition) is 2. The predicted octanol–water partition coefficient (Wildman–Crippen LogP) is 2.45. The molecule has 1 atom stereocenters. The van der Waals surface area contributed by atoms with Gasteiger partial charge in [0.25, 0.3) is 0 Å². The van der Waals surface area contributed by atoms with Gasteiger partial charge in [-0.05, 0) is 43.9 Å². The first-order chi connectivity index (χ1) is 10.5. The van der Waals surface area contributed by atoms with E-state index in [9.17, 15) is 18.4 Å². The molecular weight excluding hydrogens is 290 g/mol. The number of nitrogens with one attached hydrogen (secondary N) is 2. The summed E-state index contributed by atoms with van der Waals surface area (Å²) in [4.78, 5) is 23.2. The third kappa shape index (κ3) is 4.79. The van der Waals surface area contributed by atoms with Crippen LogP contribution >= 0.6 is 0 Å². The molecule has 0 unspecified atom stereocenters. The Hall–Kier alpha value is -1.98. The summed E-state index contributed by atoms with van der Waals surface area (Å²) in [7, 11) is 0. The van der Waals surface area contributed by atoms with Crippen LogP contribution in [0.4, 0.5) is 8.78 Å². The minimum absolute atomic E-state index is 0.0653. The second-order valence-corrected chi connectivity index (χ2v) is 5.63. The molecule has 1 aromatic carbocycles. The van der Waals surface area contributed by atoms with E-state index in [-0.39, 0.29) is 24.2 Å². The lowest BCUT2D eigenvalue weighted by Crippen LogP contribution is -2.29. The molecule has 0 radical (unpaired) electrons. The van der Waals surface area contributed by atoms with E-state index < -0.39 is 17.7 Å². The highest BCUT2D eigenvalue weighted by molar-refractivity contribution is 5.81. The number of hydrogen-bond acceptors (Lipinski definition) is 2. The Morgan fingerprint density at radius 3 is 2.64 bits per heavy atom. The van der Waals surface area contributed by atoms with Gasteiger partial charge in [0, 0.05) is 18.9 Å². The largest absolute Gasteiger partial charge is 0.356 e. The molecule has 2 rings (SSSR count). The van der Waals surface area contributed by atoms with Gasteiger partial charge in [0.1, 0.15) is 0 Å². The van der Waals surface area contributed by atoms with Crippen molar-refractivity contribution in [1.82, 2.24) is 10.6 Å². The zero-order valence-electron chi connectivity index (χ0n) is 12.5. The molecule has 6 heteroatoms. The lowest BCUT2D eigenvalue weighted by Gasteiger charge is -2.14. The van der Waals surface area contributed by atoms with Gasteiger partial charge in [0.15, 0.2) is 11.6 Å². The highest BCUT2D eigenvalue weighted by Crippen LogP contribution is 2.28. The number of benzene rings is 1. The molecule has 0 heterocycles. The van der Waals surface area contributed by atoms with Gasteiger partial charge in [0.05, 0.1) is 6.04 Å². The van der Waals surface area contributed by atoms with E-state index in [1.165, 1.54) is 6.07 Å². The van der Waals surface area contributed by atoms with Gasteiger partial charge in [-0.1, -0.05) is 6.07 Å². The molecule has 0 saturated heterocycles. The van der Waals surface area contributed by atoms with Crippen molar-refractivity contribution < 1.29 is 18.4 Å². The monoisotopic (exact) mass is 310 g/mol. The molecule has 1 aromatic rings. The molecule has 1 fully saturated rings. The van der Waals surface area contributed by atoms with Crippen molar-refractivity contribution in [3.63, 3.8) is 0 Å². The highest BCUT2D eigenvalue weighted by atomic mass is 19.2. The van der Waals surface area contributed by atoms with Crippen LogP contribution in [-0.4, -0.2) is 18.4 Å². The first kappa shape index (κ1) is 16.4. The molecule has 0 spiro atoms. The van der Waals surface area contributed by atoms with Gasteiger partial charge < -0.3 is 10.6 Å². The molecule has 1 aliphatic rings. The van der Waals surface area contributed by atoms with Crippen LogP contribution in [0.3, 0.4) is 0 Å². The smallest absolute Gasteiger partial charge is 0.223 e. The van der Waals surface area contributed by atoms with E-state index in [0.717, 1.165) is 25.0 Å².